The molecule has 0 spiro atoms. The van der Waals surface area contributed by atoms with Gasteiger partial charge in [-0.2, -0.15) is 0 Å². The first-order valence-corrected chi connectivity index (χ1v) is 11.3. The zero-order valence-electron chi connectivity index (χ0n) is 17.1. The van der Waals surface area contributed by atoms with Crippen LogP contribution in [-0.2, 0) is 16.4 Å². The van der Waals surface area contributed by atoms with Crippen molar-refractivity contribution in [1.82, 2.24) is 5.32 Å². The first-order chi connectivity index (χ1) is 13.7. The summed E-state index contributed by atoms with van der Waals surface area (Å²) in [7, 11) is 1.44. The minimum absolute atomic E-state index is 0.483. The third-order valence-corrected chi connectivity index (χ3v) is 5.79. The number of anilines is 2. The second-order valence-electron chi connectivity index (χ2n) is 6.45. The SMILES string of the molecule is COc1ccc(CCCNC(=S)Nc2cccc(N(C)S(C)(=O)=O)c2)cc1OC. The van der Waals surface area contributed by atoms with Crippen molar-refractivity contribution < 1.29 is 17.9 Å². The van der Waals surface area contributed by atoms with E-state index in [1.54, 1.807) is 32.4 Å². The fourth-order valence-corrected chi connectivity index (χ4v) is 3.39. The van der Waals surface area contributed by atoms with Gasteiger partial charge in [0.15, 0.2) is 16.6 Å². The van der Waals surface area contributed by atoms with Gasteiger partial charge in [-0.1, -0.05) is 12.1 Å². The van der Waals surface area contributed by atoms with Crippen LogP contribution in [0.4, 0.5) is 11.4 Å². The zero-order chi connectivity index (χ0) is 21.4. The second-order valence-corrected chi connectivity index (χ2v) is 8.88. The van der Waals surface area contributed by atoms with Crippen LogP contribution in [0.1, 0.15) is 12.0 Å². The summed E-state index contributed by atoms with van der Waals surface area (Å²) in [5.74, 6) is 1.43. The number of rotatable bonds is 9. The maximum atomic E-state index is 11.7. The Morgan fingerprint density at radius 1 is 1.10 bits per heavy atom. The molecule has 158 valence electrons. The fourth-order valence-electron chi connectivity index (χ4n) is 2.68. The average molecular weight is 438 g/mol. The van der Waals surface area contributed by atoms with E-state index in [9.17, 15) is 8.42 Å². The lowest BCUT2D eigenvalue weighted by Crippen LogP contribution is -2.29. The van der Waals surface area contributed by atoms with E-state index in [2.05, 4.69) is 10.6 Å². The van der Waals surface area contributed by atoms with Crippen molar-refractivity contribution >= 4 is 38.7 Å². The molecule has 2 aromatic rings. The summed E-state index contributed by atoms with van der Waals surface area (Å²) in [6.07, 6.45) is 2.91. The molecule has 0 bridgehead atoms. The molecule has 2 N–H and O–H groups in total. The van der Waals surface area contributed by atoms with Gasteiger partial charge in [0.1, 0.15) is 0 Å². The lowest BCUT2D eigenvalue weighted by Gasteiger charge is -2.18. The van der Waals surface area contributed by atoms with Gasteiger partial charge in [0.05, 0.1) is 26.2 Å². The van der Waals surface area contributed by atoms with E-state index in [1.165, 1.54) is 11.4 Å². The van der Waals surface area contributed by atoms with Crippen LogP contribution in [0.25, 0.3) is 0 Å². The molecule has 0 unspecified atom stereocenters. The van der Waals surface area contributed by atoms with Gasteiger partial charge < -0.3 is 20.1 Å². The quantitative estimate of drug-likeness (QED) is 0.461. The minimum Gasteiger partial charge on any atom is -0.493 e. The molecule has 0 aromatic heterocycles. The molecule has 0 atom stereocenters. The zero-order valence-corrected chi connectivity index (χ0v) is 18.7. The number of ether oxygens (including phenoxy) is 2. The average Bonchev–Trinajstić information content (AvgIpc) is 2.70. The molecule has 0 amide bonds. The maximum absolute atomic E-state index is 11.7. The predicted molar refractivity (Wildman–Crippen MR) is 122 cm³/mol. The van der Waals surface area contributed by atoms with Gasteiger partial charge >= 0.3 is 0 Å². The van der Waals surface area contributed by atoms with E-state index in [-0.39, 0.29) is 0 Å². The number of methoxy groups -OCH3 is 2. The fraction of sp³-hybridized carbons (Fsp3) is 0.350. The first kappa shape index (κ1) is 22.8. The van der Waals surface area contributed by atoms with Crippen LogP contribution < -0.4 is 24.4 Å². The summed E-state index contributed by atoms with van der Waals surface area (Å²) in [6, 6.07) is 13.0. The van der Waals surface area contributed by atoms with Crippen LogP contribution in [0, 0.1) is 0 Å². The Hall–Kier alpha value is -2.52. The van der Waals surface area contributed by atoms with Crippen molar-refractivity contribution in [3.8, 4) is 11.5 Å². The number of thiocarbonyl (C=S) groups is 1. The molecule has 0 aliphatic carbocycles. The topological polar surface area (TPSA) is 79.9 Å². The van der Waals surface area contributed by atoms with Crippen LogP contribution in [-0.4, -0.2) is 47.6 Å². The molecule has 0 heterocycles. The van der Waals surface area contributed by atoms with Crippen molar-refractivity contribution in [2.24, 2.45) is 0 Å². The smallest absolute Gasteiger partial charge is 0.231 e. The van der Waals surface area contributed by atoms with Crippen LogP contribution in [0.2, 0.25) is 0 Å². The lowest BCUT2D eigenvalue weighted by atomic mass is 10.1. The Morgan fingerprint density at radius 2 is 1.83 bits per heavy atom. The highest BCUT2D eigenvalue weighted by atomic mass is 32.2. The summed E-state index contributed by atoms with van der Waals surface area (Å²) in [5.41, 5.74) is 2.43. The molecule has 0 radical (unpaired) electrons. The van der Waals surface area contributed by atoms with Crippen molar-refractivity contribution in [1.29, 1.82) is 0 Å². The molecule has 29 heavy (non-hydrogen) atoms. The van der Waals surface area contributed by atoms with Crippen molar-refractivity contribution in [2.45, 2.75) is 12.8 Å². The molecule has 2 rings (SSSR count). The number of hydrogen-bond donors (Lipinski definition) is 2. The normalized spacial score (nSPS) is 10.9. The second kappa shape index (κ2) is 10.3. The van der Waals surface area contributed by atoms with Gasteiger partial charge in [-0.3, -0.25) is 4.31 Å². The molecular weight excluding hydrogens is 410 g/mol. The summed E-state index contributed by atoms with van der Waals surface area (Å²) in [4.78, 5) is 0. The van der Waals surface area contributed by atoms with Gasteiger partial charge in [0, 0.05) is 19.3 Å². The van der Waals surface area contributed by atoms with E-state index in [0.717, 1.165) is 30.3 Å². The third kappa shape index (κ3) is 6.79. The molecule has 0 saturated heterocycles. The monoisotopic (exact) mass is 437 g/mol. The number of nitrogens with one attached hydrogen (secondary N) is 2. The maximum Gasteiger partial charge on any atom is 0.231 e. The van der Waals surface area contributed by atoms with E-state index in [0.29, 0.717) is 28.8 Å². The Morgan fingerprint density at radius 3 is 2.48 bits per heavy atom. The summed E-state index contributed by atoms with van der Waals surface area (Å²) < 4.78 is 35.2. The molecule has 7 nitrogen and oxygen atoms in total. The van der Waals surface area contributed by atoms with E-state index in [1.807, 2.05) is 24.3 Å². The van der Waals surface area contributed by atoms with Gasteiger partial charge in [-0.25, -0.2) is 8.42 Å². The highest BCUT2D eigenvalue weighted by Crippen LogP contribution is 2.27. The summed E-state index contributed by atoms with van der Waals surface area (Å²) in [5, 5.41) is 6.73. The predicted octanol–water partition coefficient (Wildman–Crippen LogP) is 3.02. The molecule has 2 aromatic carbocycles. The van der Waals surface area contributed by atoms with E-state index in [4.69, 9.17) is 21.7 Å². The standard InChI is InChI=1S/C20H27N3O4S2/c1-23(29(4,24)25)17-9-5-8-16(14-17)22-20(28)21-12-6-7-15-10-11-18(26-2)19(13-15)27-3/h5,8-11,13-14H,6-7,12H2,1-4H3,(H2,21,22,28). The lowest BCUT2D eigenvalue weighted by molar-refractivity contribution is 0.354. The van der Waals surface area contributed by atoms with Crippen LogP contribution >= 0.6 is 12.2 Å². The number of sulfonamides is 1. The van der Waals surface area contributed by atoms with Crippen molar-refractivity contribution in [3.63, 3.8) is 0 Å². The minimum atomic E-state index is -3.31. The van der Waals surface area contributed by atoms with Gasteiger partial charge in [0.2, 0.25) is 10.0 Å². The Balaban J connectivity index is 1.83. The first-order valence-electron chi connectivity index (χ1n) is 9.04. The van der Waals surface area contributed by atoms with Crippen LogP contribution in [0.15, 0.2) is 42.5 Å². The largest absolute Gasteiger partial charge is 0.493 e. The summed E-state index contributed by atoms with van der Waals surface area (Å²) in [6.45, 7) is 0.698. The Kier molecular flexibility index (Phi) is 8.10. The summed E-state index contributed by atoms with van der Waals surface area (Å²) >= 11 is 5.33. The molecule has 0 fully saturated rings. The molecule has 0 aliphatic rings. The Labute approximate surface area is 178 Å². The van der Waals surface area contributed by atoms with Gasteiger partial charge in [0.25, 0.3) is 0 Å². The van der Waals surface area contributed by atoms with Crippen LogP contribution in [0.3, 0.4) is 0 Å². The van der Waals surface area contributed by atoms with Gasteiger partial charge in [-0.15, -0.1) is 0 Å². The third-order valence-electron chi connectivity index (χ3n) is 4.34. The molecular formula is C20H27N3O4S2. The number of aryl methyl sites for hydroxylation is 1. The number of benzene rings is 2. The van der Waals surface area contributed by atoms with E-state index < -0.39 is 10.0 Å². The Bertz CT molecular complexity index is 948. The van der Waals surface area contributed by atoms with Crippen molar-refractivity contribution in [2.75, 3.05) is 43.7 Å². The molecule has 0 aliphatic heterocycles. The molecule has 0 saturated carbocycles. The van der Waals surface area contributed by atoms with Crippen LogP contribution in [0.5, 0.6) is 11.5 Å². The highest BCUT2D eigenvalue weighted by molar-refractivity contribution is 7.92. The van der Waals surface area contributed by atoms with E-state index >= 15 is 0 Å². The number of nitrogens with zero attached hydrogens (tertiary/aromatic N) is 1. The van der Waals surface area contributed by atoms with Crippen molar-refractivity contribution in [3.05, 3.63) is 48.0 Å². The van der Waals surface area contributed by atoms with Gasteiger partial charge in [-0.05, 0) is 61.0 Å². The molecule has 9 heteroatoms. The highest BCUT2D eigenvalue weighted by Gasteiger charge is 2.12. The number of hydrogen-bond acceptors (Lipinski definition) is 5.